The highest BCUT2D eigenvalue weighted by Crippen LogP contribution is 2.24. The van der Waals surface area contributed by atoms with Crippen LogP contribution in [-0.2, 0) is 0 Å². The highest BCUT2D eigenvalue weighted by Gasteiger charge is 2.11. The molecule has 1 aliphatic rings. The monoisotopic (exact) mass is 188 g/mol. The number of aromatic nitrogens is 3. The number of hydrogen-bond acceptors (Lipinski definition) is 2. The molecule has 0 radical (unpaired) electrons. The Morgan fingerprint density at radius 2 is 2.36 bits per heavy atom. The molecule has 2 aromatic heterocycles. The standard InChI is InChI=1S/C10H12N4/c1-2-7(4-11-3-1)8-5-12-10-9(8)6-13-14-10/h2,5-6,11H,1,3-4H2,(H2,12,13,14). The van der Waals surface area contributed by atoms with Crippen molar-refractivity contribution in [3.63, 3.8) is 0 Å². The average molecular weight is 188 g/mol. The molecular formula is C10H12N4. The minimum atomic E-state index is 0.956. The Kier molecular flexibility index (Phi) is 1.67. The number of nitrogens with zero attached hydrogens (tertiary/aromatic N) is 1. The molecule has 0 amide bonds. The van der Waals surface area contributed by atoms with E-state index in [0.29, 0.717) is 0 Å². The van der Waals surface area contributed by atoms with Crippen LogP contribution in [0.25, 0.3) is 16.6 Å². The Bertz CT molecular complexity index is 477. The zero-order valence-electron chi connectivity index (χ0n) is 7.80. The van der Waals surface area contributed by atoms with Crippen molar-refractivity contribution in [1.29, 1.82) is 0 Å². The van der Waals surface area contributed by atoms with Gasteiger partial charge in [-0.25, -0.2) is 0 Å². The zero-order valence-corrected chi connectivity index (χ0v) is 7.80. The van der Waals surface area contributed by atoms with Crippen LogP contribution in [0.1, 0.15) is 12.0 Å². The molecule has 0 atom stereocenters. The quantitative estimate of drug-likeness (QED) is 0.631. The van der Waals surface area contributed by atoms with Gasteiger partial charge in [-0.2, -0.15) is 5.10 Å². The van der Waals surface area contributed by atoms with Crippen molar-refractivity contribution in [3.05, 3.63) is 24.0 Å². The lowest BCUT2D eigenvalue weighted by atomic mass is 10.0. The van der Waals surface area contributed by atoms with Crippen LogP contribution >= 0.6 is 0 Å². The first-order valence-corrected chi connectivity index (χ1v) is 4.86. The van der Waals surface area contributed by atoms with Crippen molar-refractivity contribution in [3.8, 4) is 0 Å². The number of fused-ring (bicyclic) bond motifs is 1. The lowest BCUT2D eigenvalue weighted by Crippen LogP contribution is -2.21. The molecule has 2 aromatic rings. The maximum atomic E-state index is 4.01. The van der Waals surface area contributed by atoms with E-state index < -0.39 is 0 Å². The maximum Gasteiger partial charge on any atom is 0.133 e. The van der Waals surface area contributed by atoms with Crippen molar-refractivity contribution in [2.24, 2.45) is 0 Å². The van der Waals surface area contributed by atoms with Gasteiger partial charge in [-0.15, -0.1) is 0 Å². The Morgan fingerprint density at radius 1 is 1.36 bits per heavy atom. The largest absolute Gasteiger partial charge is 0.346 e. The zero-order chi connectivity index (χ0) is 9.38. The highest BCUT2D eigenvalue weighted by molar-refractivity contribution is 5.90. The third-order valence-electron chi connectivity index (χ3n) is 2.66. The third-order valence-corrected chi connectivity index (χ3v) is 2.66. The van der Waals surface area contributed by atoms with Gasteiger partial charge in [0.1, 0.15) is 5.65 Å². The summed E-state index contributed by atoms with van der Waals surface area (Å²) >= 11 is 0. The number of nitrogens with one attached hydrogen (secondary N) is 3. The number of aromatic amines is 2. The second-order valence-electron chi connectivity index (χ2n) is 3.56. The molecular weight excluding hydrogens is 176 g/mol. The first-order chi connectivity index (χ1) is 6.95. The third kappa shape index (κ3) is 1.08. The van der Waals surface area contributed by atoms with E-state index in [4.69, 9.17) is 0 Å². The van der Waals surface area contributed by atoms with Crippen molar-refractivity contribution >= 4 is 16.6 Å². The van der Waals surface area contributed by atoms with Gasteiger partial charge in [0, 0.05) is 23.7 Å². The van der Waals surface area contributed by atoms with Crippen LogP contribution in [0.2, 0.25) is 0 Å². The van der Waals surface area contributed by atoms with E-state index in [9.17, 15) is 0 Å². The highest BCUT2D eigenvalue weighted by atomic mass is 15.1. The fraction of sp³-hybridized carbons (Fsp3) is 0.300. The molecule has 14 heavy (non-hydrogen) atoms. The molecule has 3 rings (SSSR count). The molecule has 4 nitrogen and oxygen atoms in total. The van der Waals surface area contributed by atoms with E-state index in [0.717, 1.165) is 25.2 Å². The van der Waals surface area contributed by atoms with Gasteiger partial charge in [-0.3, -0.25) is 5.10 Å². The predicted octanol–water partition coefficient (Wildman–Crippen LogP) is 1.27. The summed E-state index contributed by atoms with van der Waals surface area (Å²) in [6.07, 6.45) is 7.32. The Balaban J connectivity index is 2.12. The van der Waals surface area contributed by atoms with Gasteiger partial charge in [0.25, 0.3) is 0 Å². The normalized spacial score (nSPS) is 17.3. The van der Waals surface area contributed by atoms with Crippen LogP contribution in [0.3, 0.4) is 0 Å². The molecule has 0 saturated carbocycles. The van der Waals surface area contributed by atoms with E-state index >= 15 is 0 Å². The van der Waals surface area contributed by atoms with Crippen LogP contribution in [0.15, 0.2) is 18.5 Å². The summed E-state index contributed by atoms with van der Waals surface area (Å²) in [4.78, 5) is 3.18. The van der Waals surface area contributed by atoms with Crippen molar-refractivity contribution in [2.45, 2.75) is 6.42 Å². The maximum absolute atomic E-state index is 4.01. The van der Waals surface area contributed by atoms with Gasteiger partial charge in [0.15, 0.2) is 0 Å². The van der Waals surface area contributed by atoms with Crippen LogP contribution in [-0.4, -0.2) is 28.3 Å². The lowest BCUT2D eigenvalue weighted by Gasteiger charge is -2.12. The summed E-state index contributed by atoms with van der Waals surface area (Å²) in [5, 5.41) is 11.5. The minimum Gasteiger partial charge on any atom is -0.346 e. The first kappa shape index (κ1) is 7.82. The van der Waals surface area contributed by atoms with Crippen LogP contribution in [0, 0.1) is 0 Å². The molecule has 0 saturated heterocycles. The molecule has 0 fully saturated rings. The van der Waals surface area contributed by atoms with Gasteiger partial charge in [0.05, 0.1) is 6.20 Å². The molecule has 0 unspecified atom stereocenters. The summed E-state index contributed by atoms with van der Waals surface area (Å²) in [5.74, 6) is 0. The Labute approximate surface area is 81.4 Å². The fourth-order valence-corrected chi connectivity index (χ4v) is 1.94. The number of hydrogen-bond donors (Lipinski definition) is 3. The van der Waals surface area contributed by atoms with Gasteiger partial charge >= 0.3 is 0 Å². The topological polar surface area (TPSA) is 56.5 Å². The van der Waals surface area contributed by atoms with E-state index in [-0.39, 0.29) is 0 Å². The lowest BCUT2D eigenvalue weighted by molar-refractivity contribution is 0.739. The second-order valence-corrected chi connectivity index (χ2v) is 3.56. The van der Waals surface area contributed by atoms with Gasteiger partial charge < -0.3 is 10.3 Å². The Hall–Kier alpha value is -1.55. The molecule has 3 N–H and O–H groups in total. The summed E-state index contributed by atoms with van der Waals surface area (Å²) in [6.45, 7) is 2.04. The number of rotatable bonds is 1. The molecule has 0 aromatic carbocycles. The van der Waals surface area contributed by atoms with Crippen LogP contribution in [0.5, 0.6) is 0 Å². The fourth-order valence-electron chi connectivity index (χ4n) is 1.94. The average Bonchev–Trinajstić information content (AvgIpc) is 2.79. The summed E-state index contributed by atoms with van der Waals surface area (Å²) in [7, 11) is 0. The number of H-pyrrole nitrogens is 2. The molecule has 0 aliphatic carbocycles. The SMILES string of the molecule is C1=C(c2c[nH]c3[nH]ncc23)CNCC1. The molecule has 0 bridgehead atoms. The van der Waals surface area contributed by atoms with Gasteiger partial charge in [0.2, 0.25) is 0 Å². The second kappa shape index (κ2) is 2.99. The van der Waals surface area contributed by atoms with Crippen molar-refractivity contribution in [2.75, 3.05) is 13.1 Å². The molecule has 4 heteroatoms. The van der Waals surface area contributed by atoms with Crippen LogP contribution in [0.4, 0.5) is 0 Å². The van der Waals surface area contributed by atoms with E-state index in [1.165, 1.54) is 16.5 Å². The summed E-state index contributed by atoms with van der Waals surface area (Å²) in [6, 6.07) is 0. The summed E-state index contributed by atoms with van der Waals surface area (Å²) in [5.41, 5.74) is 3.64. The van der Waals surface area contributed by atoms with E-state index in [1.807, 2.05) is 12.4 Å². The Morgan fingerprint density at radius 3 is 3.21 bits per heavy atom. The van der Waals surface area contributed by atoms with E-state index in [2.05, 4.69) is 26.6 Å². The molecule has 72 valence electrons. The smallest absolute Gasteiger partial charge is 0.133 e. The molecule has 1 aliphatic heterocycles. The van der Waals surface area contributed by atoms with Crippen molar-refractivity contribution in [1.82, 2.24) is 20.5 Å². The van der Waals surface area contributed by atoms with Crippen molar-refractivity contribution < 1.29 is 0 Å². The van der Waals surface area contributed by atoms with Gasteiger partial charge in [-0.1, -0.05) is 6.08 Å². The van der Waals surface area contributed by atoms with Gasteiger partial charge in [-0.05, 0) is 18.5 Å². The minimum absolute atomic E-state index is 0.956. The predicted molar refractivity (Wildman–Crippen MR) is 55.9 cm³/mol. The van der Waals surface area contributed by atoms with Crippen LogP contribution < -0.4 is 5.32 Å². The molecule has 3 heterocycles. The van der Waals surface area contributed by atoms with E-state index in [1.54, 1.807) is 0 Å². The summed E-state index contributed by atoms with van der Waals surface area (Å²) < 4.78 is 0. The molecule has 0 spiro atoms. The first-order valence-electron chi connectivity index (χ1n) is 4.86.